The van der Waals surface area contributed by atoms with Gasteiger partial charge in [0.05, 0.1) is 6.10 Å². The van der Waals surface area contributed by atoms with Crippen LogP contribution in [0.25, 0.3) is 0 Å². The summed E-state index contributed by atoms with van der Waals surface area (Å²) in [6, 6.07) is 0. The Morgan fingerprint density at radius 1 is 1.46 bits per heavy atom. The maximum absolute atomic E-state index is 9.54. The van der Waals surface area contributed by atoms with Gasteiger partial charge in [0.1, 0.15) is 0 Å². The third kappa shape index (κ3) is 2.56. The monoisotopic (exact) mass is 184 g/mol. The van der Waals surface area contributed by atoms with Crippen LogP contribution in [0.15, 0.2) is 11.6 Å². The van der Waals surface area contributed by atoms with Crippen molar-refractivity contribution in [3.05, 3.63) is 11.6 Å². The second kappa shape index (κ2) is 5.02. The lowest BCUT2D eigenvalue weighted by atomic mass is 9.84. The van der Waals surface area contributed by atoms with Crippen LogP contribution >= 0.6 is 0 Å². The Labute approximate surface area is 78.1 Å². The summed E-state index contributed by atoms with van der Waals surface area (Å²) in [7, 11) is 0. The first-order valence-electron chi connectivity index (χ1n) is 4.74. The van der Waals surface area contributed by atoms with Gasteiger partial charge in [-0.3, -0.25) is 4.79 Å². The summed E-state index contributed by atoms with van der Waals surface area (Å²) in [6.45, 7) is -0.250. The quantitative estimate of drug-likeness (QED) is 0.444. The summed E-state index contributed by atoms with van der Waals surface area (Å²) in [6.07, 6.45) is 8.20. The van der Waals surface area contributed by atoms with Gasteiger partial charge in [-0.2, -0.15) is 0 Å². The Balaban J connectivity index is 0.000000251. The highest BCUT2D eigenvalue weighted by molar-refractivity contribution is 5.32. The highest BCUT2D eigenvalue weighted by Crippen LogP contribution is 2.37. The molecule has 0 radical (unpaired) electrons. The number of rotatable bonds is 0. The van der Waals surface area contributed by atoms with E-state index >= 15 is 0 Å². The van der Waals surface area contributed by atoms with Crippen LogP contribution in [0.5, 0.6) is 0 Å². The standard InChI is InChI=1S/C9H14O.CH2O2/c10-9-6-2-4-7-3-1-5-8(7)9;2-1-3/h3,8-10H,1-2,4-6H2;1H,(H,2,3). The van der Waals surface area contributed by atoms with Crippen molar-refractivity contribution in [2.75, 3.05) is 0 Å². The molecule has 2 atom stereocenters. The molecule has 2 N–H and O–H groups in total. The molecule has 13 heavy (non-hydrogen) atoms. The van der Waals surface area contributed by atoms with Gasteiger partial charge in [0, 0.05) is 5.92 Å². The molecule has 1 fully saturated rings. The van der Waals surface area contributed by atoms with E-state index in [-0.39, 0.29) is 12.6 Å². The fourth-order valence-corrected chi connectivity index (χ4v) is 2.23. The van der Waals surface area contributed by atoms with Gasteiger partial charge in [0.2, 0.25) is 0 Å². The Hall–Kier alpha value is -0.830. The zero-order valence-corrected chi connectivity index (χ0v) is 7.65. The number of aliphatic hydroxyl groups is 1. The third-order valence-corrected chi connectivity index (χ3v) is 2.79. The average Bonchev–Trinajstić information content (AvgIpc) is 2.54. The van der Waals surface area contributed by atoms with E-state index in [0.29, 0.717) is 5.92 Å². The van der Waals surface area contributed by atoms with E-state index in [1.807, 2.05) is 0 Å². The molecule has 3 nitrogen and oxygen atoms in total. The van der Waals surface area contributed by atoms with Crippen molar-refractivity contribution >= 4 is 6.47 Å². The number of aliphatic hydroxyl groups excluding tert-OH is 1. The van der Waals surface area contributed by atoms with Crippen LogP contribution in [-0.2, 0) is 4.79 Å². The summed E-state index contributed by atoms with van der Waals surface area (Å²) < 4.78 is 0. The van der Waals surface area contributed by atoms with E-state index in [0.717, 1.165) is 6.42 Å². The van der Waals surface area contributed by atoms with Gasteiger partial charge >= 0.3 is 0 Å². The lowest BCUT2D eigenvalue weighted by Gasteiger charge is -2.26. The number of hydrogen-bond donors (Lipinski definition) is 2. The van der Waals surface area contributed by atoms with E-state index in [9.17, 15) is 5.11 Å². The van der Waals surface area contributed by atoms with Crippen molar-refractivity contribution in [1.29, 1.82) is 0 Å². The van der Waals surface area contributed by atoms with Crippen molar-refractivity contribution in [3.8, 4) is 0 Å². The number of carboxylic acid groups (broad SMARTS) is 1. The molecular weight excluding hydrogens is 168 g/mol. The average molecular weight is 184 g/mol. The van der Waals surface area contributed by atoms with Gasteiger partial charge in [-0.05, 0) is 32.1 Å². The van der Waals surface area contributed by atoms with Crippen LogP contribution in [0, 0.1) is 5.92 Å². The fourth-order valence-electron chi connectivity index (χ4n) is 2.23. The summed E-state index contributed by atoms with van der Waals surface area (Å²) in [5, 5.41) is 16.4. The normalized spacial score (nSPS) is 31.0. The number of fused-ring (bicyclic) bond motifs is 1. The maximum Gasteiger partial charge on any atom is 0.290 e. The van der Waals surface area contributed by atoms with Gasteiger partial charge in [-0.25, -0.2) is 0 Å². The summed E-state index contributed by atoms with van der Waals surface area (Å²) in [4.78, 5) is 8.36. The second-order valence-electron chi connectivity index (χ2n) is 3.53. The van der Waals surface area contributed by atoms with Gasteiger partial charge in [0.25, 0.3) is 6.47 Å². The smallest absolute Gasteiger partial charge is 0.290 e. The summed E-state index contributed by atoms with van der Waals surface area (Å²) >= 11 is 0. The molecule has 0 aromatic rings. The van der Waals surface area contributed by atoms with E-state index in [1.54, 1.807) is 5.57 Å². The predicted octanol–water partition coefficient (Wildman–Crippen LogP) is 1.57. The fraction of sp³-hybridized carbons (Fsp3) is 0.700. The van der Waals surface area contributed by atoms with Crippen LogP contribution in [0.2, 0.25) is 0 Å². The molecule has 2 aliphatic carbocycles. The van der Waals surface area contributed by atoms with Crippen molar-refractivity contribution in [1.82, 2.24) is 0 Å². The van der Waals surface area contributed by atoms with Crippen molar-refractivity contribution < 1.29 is 15.0 Å². The molecule has 3 heteroatoms. The molecule has 0 aromatic carbocycles. The highest BCUT2D eigenvalue weighted by atomic mass is 16.3. The number of allylic oxidation sites excluding steroid dienone is 1. The molecule has 2 aliphatic rings. The van der Waals surface area contributed by atoms with E-state index in [2.05, 4.69) is 6.08 Å². The zero-order valence-electron chi connectivity index (χ0n) is 7.65. The molecule has 0 aromatic heterocycles. The van der Waals surface area contributed by atoms with Crippen LogP contribution in [0.4, 0.5) is 0 Å². The Morgan fingerprint density at radius 3 is 2.77 bits per heavy atom. The molecule has 0 spiro atoms. The molecule has 74 valence electrons. The van der Waals surface area contributed by atoms with Crippen molar-refractivity contribution in [2.24, 2.45) is 5.92 Å². The number of carbonyl (C=O) groups is 1. The van der Waals surface area contributed by atoms with Crippen molar-refractivity contribution in [2.45, 2.75) is 38.2 Å². The van der Waals surface area contributed by atoms with Crippen LogP contribution in [0.1, 0.15) is 32.1 Å². The van der Waals surface area contributed by atoms with Gasteiger partial charge in [0.15, 0.2) is 0 Å². The van der Waals surface area contributed by atoms with Crippen LogP contribution < -0.4 is 0 Å². The molecule has 1 saturated carbocycles. The predicted molar refractivity (Wildman–Crippen MR) is 49.4 cm³/mol. The lowest BCUT2D eigenvalue weighted by molar-refractivity contribution is -0.122. The largest absolute Gasteiger partial charge is 0.483 e. The Morgan fingerprint density at radius 2 is 2.15 bits per heavy atom. The number of hydrogen-bond acceptors (Lipinski definition) is 2. The molecule has 0 saturated heterocycles. The molecular formula is C10H16O3. The highest BCUT2D eigenvalue weighted by Gasteiger charge is 2.29. The van der Waals surface area contributed by atoms with E-state index in [4.69, 9.17) is 9.90 Å². The molecule has 2 rings (SSSR count). The minimum atomic E-state index is -0.250. The zero-order chi connectivity index (χ0) is 9.68. The summed E-state index contributed by atoms with van der Waals surface area (Å²) in [5.41, 5.74) is 1.54. The molecule has 2 unspecified atom stereocenters. The van der Waals surface area contributed by atoms with Gasteiger partial charge in [-0.15, -0.1) is 0 Å². The SMILES string of the molecule is O=CO.OC1CCCC2=CCCC21. The van der Waals surface area contributed by atoms with Crippen molar-refractivity contribution in [3.63, 3.8) is 0 Å². The molecule has 0 amide bonds. The van der Waals surface area contributed by atoms with Crippen LogP contribution in [-0.4, -0.2) is 22.8 Å². The minimum absolute atomic E-state index is 0.0116. The molecule has 0 heterocycles. The molecule has 0 aliphatic heterocycles. The Bertz CT molecular complexity index is 198. The lowest BCUT2D eigenvalue weighted by Crippen LogP contribution is -2.23. The third-order valence-electron chi connectivity index (χ3n) is 2.79. The van der Waals surface area contributed by atoms with E-state index in [1.165, 1.54) is 25.7 Å². The first-order chi connectivity index (χ1) is 6.29. The summed E-state index contributed by atoms with van der Waals surface area (Å²) in [5.74, 6) is 0.550. The maximum atomic E-state index is 9.54. The second-order valence-corrected chi connectivity index (χ2v) is 3.53. The first kappa shape index (κ1) is 10.3. The minimum Gasteiger partial charge on any atom is -0.483 e. The topological polar surface area (TPSA) is 57.5 Å². The first-order valence-corrected chi connectivity index (χ1v) is 4.74. The van der Waals surface area contributed by atoms with Gasteiger partial charge < -0.3 is 10.2 Å². The Kier molecular flexibility index (Phi) is 3.96. The molecule has 0 bridgehead atoms. The van der Waals surface area contributed by atoms with E-state index < -0.39 is 0 Å². The van der Waals surface area contributed by atoms with Crippen LogP contribution in [0.3, 0.4) is 0 Å². The van der Waals surface area contributed by atoms with Gasteiger partial charge in [-0.1, -0.05) is 11.6 Å².